The van der Waals surface area contributed by atoms with Gasteiger partial charge in [0.25, 0.3) is 0 Å². The normalized spacial score (nSPS) is 35.9. The third kappa shape index (κ3) is 2.34. The van der Waals surface area contributed by atoms with Gasteiger partial charge in [0.1, 0.15) is 6.29 Å². The summed E-state index contributed by atoms with van der Waals surface area (Å²) in [6.07, 6.45) is 9.66. The number of aldehydes is 1. The van der Waals surface area contributed by atoms with Crippen LogP contribution in [-0.4, -0.2) is 17.5 Å². The third-order valence-electron chi connectivity index (χ3n) is 5.80. The molecule has 3 aliphatic carbocycles. The second-order valence-corrected chi connectivity index (χ2v) is 7.51. The highest BCUT2D eigenvalue weighted by Crippen LogP contribution is 2.57. The van der Waals surface area contributed by atoms with Crippen LogP contribution in [0.1, 0.15) is 52.9 Å². The van der Waals surface area contributed by atoms with Gasteiger partial charge in [-0.2, -0.15) is 0 Å². The minimum Gasteiger partial charge on any atom is -0.392 e. The van der Waals surface area contributed by atoms with Gasteiger partial charge in [-0.3, -0.25) is 4.79 Å². The molecule has 3 aliphatic rings. The van der Waals surface area contributed by atoms with Crippen LogP contribution >= 0.6 is 0 Å². The Kier molecular flexibility index (Phi) is 3.69. The Labute approximate surface area is 127 Å². The van der Waals surface area contributed by atoms with E-state index in [4.69, 9.17) is 0 Å². The molecular formula is C19H26O2. The maximum Gasteiger partial charge on any atom is 0.146 e. The van der Waals surface area contributed by atoms with Crippen molar-refractivity contribution in [2.24, 2.45) is 17.3 Å². The molecule has 0 spiro atoms. The first-order valence-corrected chi connectivity index (χ1v) is 8.24. The van der Waals surface area contributed by atoms with Crippen molar-refractivity contribution in [2.45, 2.75) is 59.0 Å². The first kappa shape index (κ1) is 14.8. The Morgan fingerprint density at radius 3 is 2.76 bits per heavy atom. The molecule has 0 aliphatic heterocycles. The van der Waals surface area contributed by atoms with E-state index in [0.29, 0.717) is 12.3 Å². The van der Waals surface area contributed by atoms with E-state index in [1.165, 1.54) is 24.0 Å². The summed E-state index contributed by atoms with van der Waals surface area (Å²) in [5.41, 5.74) is 5.39. The molecule has 0 amide bonds. The summed E-state index contributed by atoms with van der Waals surface area (Å²) in [4.78, 5) is 11.1. The number of rotatable bonds is 2. The number of allylic oxidation sites excluding steroid dienone is 4. The molecule has 21 heavy (non-hydrogen) atoms. The summed E-state index contributed by atoms with van der Waals surface area (Å²) in [6.45, 7) is 6.94. The van der Waals surface area contributed by atoms with E-state index < -0.39 is 6.10 Å². The van der Waals surface area contributed by atoms with Gasteiger partial charge in [0.2, 0.25) is 0 Å². The molecule has 0 saturated heterocycles. The van der Waals surface area contributed by atoms with Crippen molar-refractivity contribution >= 4 is 6.29 Å². The molecule has 0 aromatic carbocycles. The van der Waals surface area contributed by atoms with Gasteiger partial charge in [0.15, 0.2) is 0 Å². The van der Waals surface area contributed by atoms with Crippen LogP contribution in [0.25, 0.3) is 0 Å². The summed E-state index contributed by atoms with van der Waals surface area (Å²) in [6, 6.07) is 0. The average molecular weight is 286 g/mol. The lowest BCUT2D eigenvalue weighted by atomic mass is 9.64. The van der Waals surface area contributed by atoms with Crippen molar-refractivity contribution in [2.75, 3.05) is 0 Å². The number of carbonyl (C=O) groups excluding carboxylic acids is 1. The number of aliphatic hydroxyl groups excluding tert-OH is 1. The summed E-state index contributed by atoms with van der Waals surface area (Å²) in [5.74, 6) is 0.769. The Hall–Kier alpha value is -1.15. The van der Waals surface area contributed by atoms with Crippen molar-refractivity contribution in [3.05, 3.63) is 34.4 Å². The SMILES string of the molecule is CC(C)C1=C2C3=CC=C(C=O)CC(O)C3CCC2(C)CC1. The number of fused-ring (bicyclic) bond motifs is 3. The van der Waals surface area contributed by atoms with Gasteiger partial charge in [-0.05, 0) is 53.7 Å². The van der Waals surface area contributed by atoms with Crippen molar-refractivity contribution in [1.82, 2.24) is 0 Å². The molecule has 2 nitrogen and oxygen atoms in total. The smallest absolute Gasteiger partial charge is 0.146 e. The molecule has 1 fully saturated rings. The van der Waals surface area contributed by atoms with Crippen LogP contribution in [0.15, 0.2) is 34.4 Å². The van der Waals surface area contributed by atoms with Crippen molar-refractivity contribution in [1.29, 1.82) is 0 Å². The van der Waals surface area contributed by atoms with Gasteiger partial charge in [0, 0.05) is 12.3 Å². The number of hydrogen-bond donors (Lipinski definition) is 1. The predicted molar refractivity (Wildman–Crippen MR) is 84.8 cm³/mol. The van der Waals surface area contributed by atoms with Crippen molar-refractivity contribution in [3.63, 3.8) is 0 Å². The molecule has 1 N–H and O–H groups in total. The number of aliphatic hydroxyl groups is 1. The summed E-state index contributed by atoms with van der Waals surface area (Å²) in [5, 5.41) is 10.6. The highest BCUT2D eigenvalue weighted by molar-refractivity contribution is 5.74. The zero-order valence-corrected chi connectivity index (χ0v) is 13.4. The van der Waals surface area contributed by atoms with E-state index in [9.17, 15) is 9.90 Å². The van der Waals surface area contributed by atoms with Crippen LogP contribution in [0.2, 0.25) is 0 Å². The molecule has 3 rings (SSSR count). The number of carbonyl (C=O) groups is 1. The zero-order valence-electron chi connectivity index (χ0n) is 13.4. The van der Waals surface area contributed by atoms with Crippen LogP contribution < -0.4 is 0 Å². The molecule has 0 radical (unpaired) electrons. The van der Waals surface area contributed by atoms with Gasteiger partial charge >= 0.3 is 0 Å². The molecule has 0 aromatic rings. The van der Waals surface area contributed by atoms with Crippen LogP contribution in [-0.2, 0) is 4.79 Å². The molecule has 3 atom stereocenters. The van der Waals surface area contributed by atoms with E-state index in [0.717, 1.165) is 24.7 Å². The summed E-state index contributed by atoms with van der Waals surface area (Å²) in [7, 11) is 0. The topological polar surface area (TPSA) is 37.3 Å². The maximum atomic E-state index is 11.1. The van der Waals surface area contributed by atoms with Gasteiger partial charge in [-0.15, -0.1) is 0 Å². The first-order chi connectivity index (χ1) is 9.96. The highest BCUT2D eigenvalue weighted by atomic mass is 16.3. The Balaban J connectivity index is 2.12. The van der Waals surface area contributed by atoms with Gasteiger partial charge < -0.3 is 5.11 Å². The quantitative estimate of drug-likeness (QED) is 0.780. The lowest BCUT2D eigenvalue weighted by molar-refractivity contribution is -0.105. The molecule has 1 saturated carbocycles. The zero-order chi connectivity index (χ0) is 15.2. The van der Waals surface area contributed by atoms with Crippen molar-refractivity contribution in [3.8, 4) is 0 Å². The second kappa shape index (κ2) is 5.24. The average Bonchev–Trinajstić information content (AvgIpc) is 2.71. The molecule has 0 bridgehead atoms. The monoisotopic (exact) mass is 286 g/mol. The number of hydrogen-bond acceptors (Lipinski definition) is 2. The fourth-order valence-corrected chi connectivity index (χ4v) is 4.57. The fourth-order valence-electron chi connectivity index (χ4n) is 4.57. The largest absolute Gasteiger partial charge is 0.392 e. The lowest BCUT2D eigenvalue weighted by Crippen LogP contribution is -2.33. The molecular weight excluding hydrogens is 260 g/mol. The molecule has 3 unspecified atom stereocenters. The maximum absolute atomic E-state index is 11.1. The standard InChI is InChI=1S/C19H26O2/c1-12(2)14-6-8-19(3)9-7-15-16(18(14)19)5-4-13(11-20)10-17(15)21/h4-5,11-12,15,17,21H,6-10H2,1-3H3. The summed E-state index contributed by atoms with van der Waals surface area (Å²) < 4.78 is 0. The van der Waals surface area contributed by atoms with Crippen LogP contribution in [0, 0.1) is 17.3 Å². The third-order valence-corrected chi connectivity index (χ3v) is 5.80. The van der Waals surface area contributed by atoms with Gasteiger partial charge in [-0.25, -0.2) is 0 Å². The first-order valence-electron chi connectivity index (χ1n) is 8.24. The highest BCUT2D eigenvalue weighted by Gasteiger charge is 2.45. The van der Waals surface area contributed by atoms with E-state index in [2.05, 4.69) is 26.8 Å². The molecule has 114 valence electrons. The lowest BCUT2D eigenvalue weighted by Gasteiger charge is -2.41. The van der Waals surface area contributed by atoms with Gasteiger partial charge in [0.05, 0.1) is 6.10 Å². The Morgan fingerprint density at radius 2 is 2.10 bits per heavy atom. The van der Waals surface area contributed by atoms with Crippen molar-refractivity contribution < 1.29 is 9.90 Å². The van der Waals surface area contributed by atoms with Gasteiger partial charge in [-0.1, -0.05) is 38.5 Å². The minimum absolute atomic E-state index is 0.202. The second-order valence-electron chi connectivity index (χ2n) is 7.51. The minimum atomic E-state index is -0.415. The van der Waals surface area contributed by atoms with E-state index in [1.807, 2.05) is 6.08 Å². The molecule has 0 aromatic heterocycles. The van der Waals surface area contributed by atoms with E-state index in [1.54, 1.807) is 5.57 Å². The van der Waals surface area contributed by atoms with E-state index in [-0.39, 0.29) is 11.3 Å². The predicted octanol–water partition coefficient (Wildman–Crippen LogP) is 3.97. The Bertz CT molecular complexity index is 550. The fraction of sp³-hybridized carbons (Fsp3) is 0.632. The Morgan fingerprint density at radius 1 is 1.33 bits per heavy atom. The van der Waals surface area contributed by atoms with Crippen LogP contribution in [0.5, 0.6) is 0 Å². The van der Waals surface area contributed by atoms with E-state index >= 15 is 0 Å². The van der Waals surface area contributed by atoms with Crippen LogP contribution in [0.3, 0.4) is 0 Å². The summed E-state index contributed by atoms with van der Waals surface area (Å²) >= 11 is 0. The molecule has 0 heterocycles. The van der Waals surface area contributed by atoms with Crippen LogP contribution in [0.4, 0.5) is 0 Å². The molecule has 2 heteroatoms.